The first-order valence-electron chi connectivity index (χ1n) is 1.59. The van der Waals surface area contributed by atoms with Crippen LogP contribution in [0.1, 0.15) is 6.92 Å². The number of aliphatic hydroxyl groups excluding tert-OH is 1. The summed E-state index contributed by atoms with van der Waals surface area (Å²) >= 11 is -0.594. The molecule has 2 N–H and O–H groups in total. The first kappa shape index (κ1) is 6.66. The van der Waals surface area contributed by atoms with Crippen LogP contribution in [-0.2, 0) is 20.2 Å². The molecule has 0 aliphatic heterocycles. The molecule has 3 heteroatoms. The molecule has 0 amide bonds. The van der Waals surface area contributed by atoms with Gasteiger partial charge in [0.15, 0.2) is 0 Å². The molecule has 0 radical (unpaired) electrons. The van der Waals surface area contributed by atoms with Crippen LogP contribution in [0.5, 0.6) is 0 Å². The van der Waals surface area contributed by atoms with Gasteiger partial charge in [-0.25, -0.2) is 0 Å². The molecule has 0 aromatic carbocycles. The second-order valence-electron chi connectivity index (χ2n) is 1.07. The predicted molar refractivity (Wildman–Crippen MR) is 18.7 cm³/mol. The van der Waals surface area contributed by atoms with Crippen molar-refractivity contribution in [3.63, 3.8) is 0 Å². The van der Waals surface area contributed by atoms with Crippen molar-refractivity contribution in [2.75, 3.05) is 0 Å². The molecule has 0 fully saturated rings. The summed E-state index contributed by atoms with van der Waals surface area (Å²) < 4.78 is 8.76. The summed E-state index contributed by atoms with van der Waals surface area (Å²) in [4.78, 5) is 0. The first-order chi connectivity index (χ1) is 2.77. The fourth-order valence-electron chi connectivity index (χ4n) is 0.0797. The first-order valence-corrected chi connectivity index (χ1v) is 4.09. The number of hydrogen-bond acceptors (Lipinski definition) is 2. The molecule has 0 aliphatic rings. The van der Waals surface area contributed by atoms with E-state index in [1.54, 1.807) is 6.92 Å². The molecule has 1 atom stereocenters. The monoisotopic (exact) mass is 273 g/mol. The zero-order chi connectivity index (χ0) is 4.99. The summed E-state index contributed by atoms with van der Waals surface area (Å²) in [5.41, 5.74) is 0. The third-order valence-electron chi connectivity index (χ3n) is 0.233. The average Bonchev–Trinajstić information content (AvgIpc) is 1.35. The van der Waals surface area contributed by atoms with Crippen LogP contribution < -0.4 is 0 Å². The van der Waals surface area contributed by atoms with E-state index in [0.717, 1.165) is 0 Å². The van der Waals surface area contributed by atoms with Gasteiger partial charge in [-0.3, -0.25) is 0 Å². The van der Waals surface area contributed by atoms with Crippen LogP contribution in [0.4, 0.5) is 0 Å². The van der Waals surface area contributed by atoms with Gasteiger partial charge in [0.1, 0.15) is 0 Å². The molecule has 0 saturated carbocycles. The summed E-state index contributed by atoms with van der Waals surface area (Å²) in [6.07, 6.45) is -0.309. The van der Waals surface area contributed by atoms with Crippen molar-refractivity contribution in [2.45, 2.75) is 17.7 Å². The second-order valence-corrected chi connectivity index (χ2v) is 2.64. The molecule has 0 bridgehead atoms. The number of hydrogen-bond donors (Lipinski definition) is 2. The minimum absolute atomic E-state index is 0.309. The molecule has 1 unspecified atom stereocenters. The molecule has 0 heterocycles. The van der Waals surface area contributed by atoms with Crippen molar-refractivity contribution < 1.29 is 28.9 Å². The average molecular weight is 273 g/mol. The van der Waals surface area contributed by atoms with E-state index >= 15 is 0 Å². The number of rotatable bonds is 2. The van der Waals surface area contributed by atoms with Crippen LogP contribution in [0.15, 0.2) is 0 Å². The van der Waals surface area contributed by atoms with Gasteiger partial charge in [-0.2, -0.15) is 0 Å². The van der Waals surface area contributed by atoms with E-state index in [9.17, 15) is 0 Å². The number of aliphatic hydroxyl groups is 1. The van der Waals surface area contributed by atoms with Crippen molar-refractivity contribution in [3.8, 4) is 0 Å². The van der Waals surface area contributed by atoms with Gasteiger partial charge in [0, 0.05) is 0 Å². The van der Waals surface area contributed by atoms with Crippen molar-refractivity contribution in [3.05, 3.63) is 0 Å². The molecule has 2 nitrogen and oxygen atoms in total. The third kappa shape index (κ3) is 4.66. The Labute approximate surface area is 47.0 Å². The van der Waals surface area contributed by atoms with Crippen LogP contribution in [0.25, 0.3) is 0 Å². The van der Waals surface area contributed by atoms with E-state index < -0.39 is 20.2 Å². The molecule has 0 aromatic heterocycles. The topological polar surface area (TPSA) is 40.5 Å². The molecule has 0 aromatic rings. The van der Waals surface area contributed by atoms with Gasteiger partial charge in [-0.05, 0) is 0 Å². The van der Waals surface area contributed by atoms with E-state index in [4.69, 9.17) is 8.72 Å². The third-order valence-corrected chi connectivity index (χ3v) is 1.91. The van der Waals surface area contributed by atoms with Crippen LogP contribution in [0.2, 0.25) is 4.64 Å². The molecular weight excluding hydrogens is 265 g/mol. The molecule has 0 saturated heterocycles. The van der Waals surface area contributed by atoms with Crippen molar-refractivity contribution in [1.29, 1.82) is 0 Å². The van der Waals surface area contributed by atoms with Gasteiger partial charge in [0.2, 0.25) is 0 Å². The summed E-state index contributed by atoms with van der Waals surface area (Å²) in [5, 5.41) is 8.42. The van der Waals surface area contributed by atoms with E-state index in [0.29, 0.717) is 4.64 Å². The van der Waals surface area contributed by atoms with Crippen LogP contribution >= 0.6 is 0 Å². The summed E-state index contributed by atoms with van der Waals surface area (Å²) in [5.74, 6) is 0. The van der Waals surface area contributed by atoms with E-state index in [1.165, 1.54) is 0 Å². The summed E-state index contributed by atoms with van der Waals surface area (Å²) in [7, 11) is 0. The van der Waals surface area contributed by atoms with Gasteiger partial charge in [-0.15, -0.1) is 0 Å². The molecule has 43 valence electrons. The van der Waals surface area contributed by atoms with Crippen molar-refractivity contribution in [1.82, 2.24) is 0 Å². The van der Waals surface area contributed by atoms with Crippen LogP contribution in [0.3, 0.4) is 0 Å². The van der Waals surface area contributed by atoms with Gasteiger partial charge in [0.25, 0.3) is 0 Å². The van der Waals surface area contributed by atoms with Crippen molar-refractivity contribution >= 4 is 0 Å². The Morgan fingerprint density at radius 1 is 1.83 bits per heavy atom. The van der Waals surface area contributed by atoms with E-state index in [1.807, 2.05) is 0 Å². The Morgan fingerprint density at radius 2 is 2.33 bits per heavy atom. The van der Waals surface area contributed by atoms with Gasteiger partial charge >= 0.3 is 46.5 Å². The Bertz CT molecular complexity index is 30.0. The SMILES string of the molecule is CC(O)[CH2][Au][OH]. The van der Waals surface area contributed by atoms with Gasteiger partial charge in [0.05, 0.1) is 0 Å². The van der Waals surface area contributed by atoms with Gasteiger partial charge < -0.3 is 0 Å². The molecule has 0 rings (SSSR count). The van der Waals surface area contributed by atoms with Crippen LogP contribution in [-0.4, -0.2) is 14.8 Å². The van der Waals surface area contributed by atoms with Gasteiger partial charge in [-0.1, -0.05) is 0 Å². The predicted octanol–water partition coefficient (Wildman–Crippen LogP) is -0.225. The zero-order valence-electron chi connectivity index (χ0n) is 3.48. The Morgan fingerprint density at radius 3 is 2.33 bits per heavy atom. The standard InChI is InChI=1S/C3H7O.Au.H2O/c1-3(2)4;;/h3-4H,1H2,2H3;;1H2/q;+1;/p-1. The molecule has 0 spiro atoms. The normalized spacial score (nSPS) is 15.2. The molecule has 0 aliphatic carbocycles. The maximum absolute atomic E-state index is 8.42. The fraction of sp³-hybridized carbons (Fsp3) is 1.00. The molecule has 6 heavy (non-hydrogen) atoms. The summed E-state index contributed by atoms with van der Waals surface area (Å²) in [6, 6.07) is 0. The molecular formula is C3H8AuO2. The van der Waals surface area contributed by atoms with E-state index in [2.05, 4.69) is 0 Å². The Hall–Kier alpha value is 0.660. The van der Waals surface area contributed by atoms with Crippen molar-refractivity contribution in [2.24, 2.45) is 0 Å². The summed E-state index contributed by atoms with van der Waals surface area (Å²) in [6.45, 7) is 1.67. The Kier molecular flexibility index (Phi) is 4.26. The van der Waals surface area contributed by atoms with E-state index in [-0.39, 0.29) is 6.10 Å². The maximum atomic E-state index is 8.42. The minimum atomic E-state index is -0.594. The quantitative estimate of drug-likeness (QED) is 0.683. The zero-order valence-corrected chi connectivity index (χ0v) is 5.65. The second kappa shape index (κ2) is 3.84. The fourth-order valence-corrected chi connectivity index (χ4v) is 0.652. The Balaban J connectivity index is 2.63. The van der Waals surface area contributed by atoms with Crippen LogP contribution in [0, 0.1) is 0 Å².